The van der Waals surface area contributed by atoms with Gasteiger partial charge in [-0.15, -0.1) is 0 Å². The number of nitrogens with one attached hydrogen (secondary N) is 2. The molecule has 0 saturated carbocycles. The maximum atomic E-state index is 13.0. The van der Waals surface area contributed by atoms with Crippen LogP contribution in [0.1, 0.15) is 15.9 Å². The number of para-hydroxylation sites is 1. The quantitative estimate of drug-likeness (QED) is 0.320. The maximum absolute atomic E-state index is 13.0. The van der Waals surface area contributed by atoms with Gasteiger partial charge in [0.2, 0.25) is 0 Å². The molecule has 2 heterocycles. The first-order valence-corrected chi connectivity index (χ1v) is 11.1. The van der Waals surface area contributed by atoms with Crippen molar-refractivity contribution in [2.75, 3.05) is 5.32 Å². The fourth-order valence-corrected chi connectivity index (χ4v) is 3.78. The second kappa shape index (κ2) is 9.68. The van der Waals surface area contributed by atoms with E-state index < -0.39 is 0 Å². The van der Waals surface area contributed by atoms with Gasteiger partial charge in [0.1, 0.15) is 5.82 Å². The predicted octanol–water partition coefficient (Wildman–Crippen LogP) is 6.02. The van der Waals surface area contributed by atoms with E-state index in [0.717, 1.165) is 22.0 Å². The third-order valence-electron chi connectivity index (χ3n) is 5.30. The van der Waals surface area contributed by atoms with Crippen molar-refractivity contribution in [1.82, 2.24) is 20.3 Å². The Morgan fingerprint density at radius 1 is 0.882 bits per heavy atom. The van der Waals surface area contributed by atoms with Crippen molar-refractivity contribution < 1.29 is 4.79 Å². The van der Waals surface area contributed by atoms with Gasteiger partial charge < -0.3 is 10.6 Å². The van der Waals surface area contributed by atoms with Crippen molar-refractivity contribution in [3.05, 3.63) is 113 Å². The van der Waals surface area contributed by atoms with Crippen molar-refractivity contribution >= 4 is 39.9 Å². The van der Waals surface area contributed by atoms with E-state index in [9.17, 15) is 4.79 Å². The number of fused-ring (bicyclic) bond motifs is 1. The number of nitrogens with zero attached hydrogens (tertiary/aromatic N) is 3. The van der Waals surface area contributed by atoms with Crippen LogP contribution in [0.2, 0.25) is 5.02 Å². The van der Waals surface area contributed by atoms with E-state index in [4.69, 9.17) is 16.6 Å². The molecule has 6 nitrogen and oxygen atoms in total. The Morgan fingerprint density at radius 2 is 1.71 bits per heavy atom. The summed E-state index contributed by atoms with van der Waals surface area (Å²) in [5.41, 5.74) is 3.68. The lowest BCUT2D eigenvalue weighted by atomic mass is 10.1. The largest absolute Gasteiger partial charge is 0.348 e. The standard InChI is InChI=1S/C27H20ClN5O/c28-20-12-13-24-22(15-20)26(33-25(31-24)19-9-6-14-29-17-19)32-23-11-5-4-10-21(23)27(34)30-16-18-7-2-1-3-8-18/h1-15,17H,16H2,(H,30,34)(H,31,32,33). The molecule has 5 aromatic rings. The van der Waals surface area contributed by atoms with Gasteiger partial charge in [0, 0.05) is 34.9 Å². The van der Waals surface area contributed by atoms with E-state index in [1.54, 1.807) is 24.5 Å². The van der Waals surface area contributed by atoms with Gasteiger partial charge >= 0.3 is 0 Å². The van der Waals surface area contributed by atoms with Crippen LogP contribution in [0, 0.1) is 0 Å². The minimum absolute atomic E-state index is 0.184. The smallest absolute Gasteiger partial charge is 0.253 e. The van der Waals surface area contributed by atoms with Gasteiger partial charge in [0.25, 0.3) is 5.91 Å². The molecule has 0 radical (unpaired) electrons. The molecule has 2 aromatic heterocycles. The molecule has 3 aromatic carbocycles. The average Bonchev–Trinajstić information content (AvgIpc) is 2.89. The van der Waals surface area contributed by atoms with Gasteiger partial charge in [-0.3, -0.25) is 9.78 Å². The lowest BCUT2D eigenvalue weighted by Gasteiger charge is -2.14. The van der Waals surface area contributed by atoms with E-state index >= 15 is 0 Å². The number of hydrogen-bond donors (Lipinski definition) is 2. The van der Waals surface area contributed by atoms with Gasteiger partial charge in [0.15, 0.2) is 5.82 Å². The molecule has 2 N–H and O–H groups in total. The molecule has 0 aliphatic rings. The van der Waals surface area contributed by atoms with Crippen LogP contribution in [0.3, 0.4) is 0 Å². The second-order valence-electron chi connectivity index (χ2n) is 7.64. The minimum atomic E-state index is -0.184. The van der Waals surface area contributed by atoms with E-state index in [1.165, 1.54) is 0 Å². The molecule has 1 amide bonds. The van der Waals surface area contributed by atoms with Crippen LogP contribution < -0.4 is 10.6 Å². The Labute approximate surface area is 201 Å². The molecular weight excluding hydrogens is 446 g/mol. The summed E-state index contributed by atoms with van der Waals surface area (Å²) in [6.45, 7) is 0.436. The molecule has 5 rings (SSSR count). The van der Waals surface area contributed by atoms with Crippen LogP contribution in [0.4, 0.5) is 11.5 Å². The molecule has 0 atom stereocenters. The highest BCUT2D eigenvalue weighted by Crippen LogP contribution is 2.30. The first kappa shape index (κ1) is 21.6. The molecule has 0 aliphatic carbocycles. The van der Waals surface area contributed by atoms with Crippen LogP contribution >= 0.6 is 11.6 Å². The highest BCUT2D eigenvalue weighted by Gasteiger charge is 2.15. The zero-order valence-electron chi connectivity index (χ0n) is 18.1. The maximum Gasteiger partial charge on any atom is 0.253 e. The van der Waals surface area contributed by atoms with Crippen molar-refractivity contribution in [3.8, 4) is 11.4 Å². The Morgan fingerprint density at radius 3 is 2.53 bits per heavy atom. The molecule has 0 unspecified atom stereocenters. The zero-order chi connectivity index (χ0) is 23.3. The second-order valence-corrected chi connectivity index (χ2v) is 8.07. The van der Waals surface area contributed by atoms with Crippen molar-refractivity contribution in [3.63, 3.8) is 0 Å². The Bertz CT molecular complexity index is 1460. The number of aromatic nitrogens is 3. The lowest BCUT2D eigenvalue weighted by molar-refractivity contribution is 0.0951. The molecule has 0 spiro atoms. The van der Waals surface area contributed by atoms with Crippen LogP contribution in [0.25, 0.3) is 22.3 Å². The third kappa shape index (κ3) is 4.72. The molecule has 0 fully saturated rings. The van der Waals surface area contributed by atoms with Gasteiger partial charge in [0.05, 0.1) is 16.8 Å². The number of anilines is 2. The summed E-state index contributed by atoms with van der Waals surface area (Å²) < 4.78 is 0. The zero-order valence-corrected chi connectivity index (χ0v) is 18.8. The van der Waals surface area contributed by atoms with Gasteiger partial charge in [-0.25, -0.2) is 9.97 Å². The summed E-state index contributed by atoms with van der Waals surface area (Å²) in [4.78, 5) is 26.6. The third-order valence-corrected chi connectivity index (χ3v) is 5.53. The van der Waals surface area contributed by atoms with Gasteiger partial charge in [-0.1, -0.05) is 54.1 Å². The van der Waals surface area contributed by atoms with Crippen LogP contribution in [-0.2, 0) is 6.54 Å². The van der Waals surface area contributed by atoms with Crippen LogP contribution in [-0.4, -0.2) is 20.9 Å². The van der Waals surface area contributed by atoms with Crippen LogP contribution in [0.5, 0.6) is 0 Å². The van der Waals surface area contributed by atoms with Gasteiger partial charge in [-0.2, -0.15) is 0 Å². The van der Waals surface area contributed by atoms with E-state index in [2.05, 4.69) is 20.6 Å². The monoisotopic (exact) mass is 465 g/mol. The fourth-order valence-electron chi connectivity index (χ4n) is 3.61. The normalized spacial score (nSPS) is 10.7. The number of rotatable bonds is 6. The van der Waals surface area contributed by atoms with Crippen LogP contribution in [0.15, 0.2) is 97.3 Å². The average molecular weight is 466 g/mol. The molecule has 34 heavy (non-hydrogen) atoms. The predicted molar refractivity (Wildman–Crippen MR) is 135 cm³/mol. The Balaban J connectivity index is 1.51. The van der Waals surface area contributed by atoms with E-state index in [0.29, 0.717) is 34.5 Å². The highest BCUT2D eigenvalue weighted by atomic mass is 35.5. The fraction of sp³-hybridized carbons (Fsp3) is 0.0370. The summed E-state index contributed by atoms with van der Waals surface area (Å²) in [6, 6.07) is 26.3. The molecule has 7 heteroatoms. The number of carbonyl (C=O) groups is 1. The molecule has 166 valence electrons. The Kier molecular flexibility index (Phi) is 6.14. The van der Waals surface area contributed by atoms with Crippen molar-refractivity contribution in [1.29, 1.82) is 0 Å². The number of pyridine rings is 1. The van der Waals surface area contributed by atoms with E-state index in [1.807, 2.05) is 72.8 Å². The lowest BCUT2D eigenvalue weighted by Crippen LogP contribution is -2.23. The molecule has 0 bridgehead atoms. The summed E-state index contributed by atoms with van der Waals surface area (Å²) >= 11 is 6.27. The molecule has 0 aliphatic heterocycles. The number of hydrogen-bond acceptors (Lipinski definition) is 5. The first-order valence-electron chi connectivity index (χ1n) is 10.7. The summed E-state index contributed by atoms with van der Waals surface area (Å²) in [5.74, 6) is 0.891. The molecular formula is C27H20ClN5O. The number of benzene rings is 3. The summed E-state index contributed by atoms with van der Waals surface area (Å²) in [7, 11) is 0. The molecule has 0 saturated heterocycles. The highest BCUT2D eigenvalue weighted by molar-refractivity contribution is 6.31. The Hall–Kier alpha value is -4.29. The summed E-state index contributed by atoms with van der Waals surface area (Å²) in [6.07, 6.45) is 3.42. The number of carbonyl (C=O) groups excluding carboxylic acids is 1. The van der Waals surface area contributed by atoms with Crippen molar-refractivity contribution in [2.24, 2.45) is 0 Å². The topological polar surface area (TPSA) is 79.8 Å². The SMILES string of the molecule is O=C(NCc1ccccc1)c1ccccc1Nc1nc(-c2cccnc2)nc2ccc(Cl)cc12. The van der Waals surface area contributed by atoms with E-state index in [-0.39, 0.29) is 5.91 Å². The number of halogens is 1. The summed E-state index contributed by atoms with van der Waals surface area (Å²) in [5, 5.41) is 7.65. The first-order chi connectivity index (χ1) is 16.7. The number of amides is 1. The van der Waals surface area contributed by atoms with Crippen molar-refractivity contribution in [2.45, 2.75) is 6.54 Å². The minimum Gasteiger partial charge on any atom is -0.348 e. The van der Waals surface area contributed by atoms with Gasteiger partial charge in [-0.05, 0) is 48.0 Å².